The summed E-state index contributed by atoms with van der Waals surface area (Å²) in [5.74, 6) is 0.536. The number of ether oxygens (including phenoxy) is 1. The normalized spacial score (nSPS) is 15.2. The van der Waals surface area contributed by atoms with Crippen LogP contribution in [0.25, 0.3) is 10.9 Å². The Labute approximate surface area is 162 Å². The van der Waals surface area contributed by atoms with Gasteiger partial charge in [0.05, 0.1) is 16.7 Å². The first-order chi connectivity index (χ1) is 13.2. The number of hydrogen-bond acceptors (Lipinski definition) is 6. The zero-order valence-corrected chi connectivity index (χ0v) is 16.1. The Balaban J connectivity index is 1.28. The quantitative estimate of drug-likeness (QED) is 0.692. The Morgan fingerprint density at radius 3 is 2.81 bits per heavy atom. The Bertz CT molecular complexity index is 934. The van der Waals surface area contributed by atoms with Crippen LogP contribution in [0, 0.1) is 6.92 Å². The van der Waals surface area contributed by atoms with Gasteiger partial charge >= 0.3 is 6.09 Å². The van der Waals surface area contributed by atoms with Crippen LogP contribution in [0.1, 0.15) is 10.6 Å². The van der Waals surface area contributed by atoms with E-state index in [-0.39, 0.29) is 6.09 Å². The fraction of sp³-hybridized carbons (Fsp3) is 0.350. The second-order valence-corrected chi connectivity index (χ2v) is 7.60. The summed E-state index contributed by atoms with van der Waals surface area (Å²) in [6, 6.07) is 9.42. The predicted molar refractivity (Wildman–Crippen MR) is 106 cm³/mol. The number of aryl methyl sites for hydroxylation is 1. The highest BCUT2D eigenvalue weighted by Crippen LogP contribution is 2.20. The highest BCUT2D eigenvalue weighted by Gasteiger charge is 2.22. The number of rotatable bonds is 4. The van der Waals surface area contributed by atoms with Crippen molar-refractivity contribution in [3.05, 3.63) is 52.6 Å². The van der Waals surface area contributed by atoms with Crippen molar-refractivity contribution in [1.29, 1.82) is 0 Å². The second-order valence-electron chi connectivity index (χ2n) is 6.67. The fourth-order valence-corrected chi connectivity index (χ4v) is 4.03. The average Bonchev–Trinajstić information content (AvgIpc) is 3.11. The standard InChI is InChI=1S/C20H22N4O2S/c1-15-19(27-14-22-15)6-8-23-9-11-24(12-10-23)20(25)26-17-5-4-16-3-2-7-21-18(16)13-17/h2-5,7,13-14H,6,8-12H2,1H3. The number of carbonyl (C=O) groups excluding carboxylic acids is 1. The lowest BCUT2D eigenvalue weighted by Crippen LogP contribution is -2.49. The lowest BCUT2D eigenvalue weighted by Gasteiger charge is -2.33. The van der Waals surface area contributed by atoms with Crippen LogP contribution in [0.5, 0.6) is 5.75 Å². The molecule has 1 saturated heterocycles. The van der Waals surface area contributed by atoms with Crippen LogP contribution in [0.15, 0.2) is 42.0 Å². The molecule has 2 aromatic heterocycles. The molecule has 1 aliphatic heterocycles. The molecule has 6 nitrogen and oxygen atoms in total. The van der Waals surface area contributed by atoms with Crippen LogP contribution in [-0.4, -0.2) is 58.6 Å². The number of hydrogen-bond donors (Lipinski definition) is 0. The molecule has 3 aromatic rings. The number of fused-ring (bicyclic) bond motifs is 1. The molecule has 0 atom stereocenters. The molecule has 0 aliphatic carbocycles. The number of aromatic nitrogens is 2. The molecule has 0 unspecified atom stereocenters. The van der Waals surface area contributed by atoms with E-state index in [1.54, 1.807) is 28.5 Å². The smallest absolute Gasteiger partial charge is 0.410 e. The molecule has 1 fully saturated rings. The van der Waals surface area contributed by atoms with Gasteiger partial charge in [0.2, 0.25) is 0 Å². The molecule has 0 bridgehead atoms. The number of carbonyl (C=O) groups is 1. The van der Waals surface area contributed by atoms with E-state index in [1.807, 2.05) is 29.8 Å². The number of amides is 1. The highest BCUT2D eigenvalue weighted by atomic mass is 32.1. The predicted octanol–water partition coefficient (Wildman–Crippen LogP) is 3.36. The van der Waals surface area contributed by atoms with Gasteiger partial charge in [-0.05, 0) is 31.5 Å². The van der Waals surface area contributed by atoms with Gasteiger partial charge in [-0.3, -0.25) is 9.88 Å². The summed E-state index contributed by atoms with van der Waals surface area (Å²) in [7, 11) is 0. The molecule has 27 heavy (non-hydrogen) atoms. The third-order valence-electron chi connectivity index (χ3n) is 4.91. The molecular formula is C20H22N4O2S. The van der Waals surface area contributed by atoms with E-state index < -0.39 is 0 Å². The minimum atomic E-state index is -0.289. The first-order valence-electron chi connectivity index (χ1n) is 9.12. The molecule has 0 radical (unpaired) electrons. The summed E-state index contributed by atoms with van der Waals surface area (Å²) in [6.07, 6.45) is 2.47. The first kappa shape index (κ1) is 17.9. The van der Waals surface area contributed by atoms with Gasteiger partial charge < -0.3 is 9.64 Å². The molecule has 0 spiro atoms. The Hall–Kier alpha value is -2.51. The summed E-state index contributed by atoms with van der Waals surface area (Å²) in [4.78, 5) is 26.6. The summed E-state index contributed by atoms with van der Waals surface area (Å²) in [5, 5.41) is 1.03. The third kappa shape index (κ3) is 4.26. The van der Waals surface area contributed by atoms with E-state index >= 15 is 0 Å². The van der Waals surface area contributed by atoms with Gasteiger partial charge in [-0.25, -0.2) is 9.78 Å². The van der Waals surface area contributed by atoms with Gasteiger partial charge in [0, 0.05) is 55.3 Å². The van der Waals surface area contributed by atoms with Crippen LogP contribution < -0.4 is 4.74 Å². The van der Waals surface area contributed by atoms with Gasteiger partial charge in [-0.15, -0.1) is 11.3 Å². The molecule has 0 saturated carbocycles. The van der Waals surface area contributed by atoms with Crippen molar-refractivity contribution in [1.82, 2.24) is 19.8 Å². The highest BCUT2D eigenvalue weighted by molar-refractivity contribution is 7.09. The molecule has 3 heterocycles. The molecule has 7 heteroatoms. The summed E-state index contributed by atoms with van der Waals surface area (Å²) in [5.41, 5.74) is 3.86. The van der Waals surface area contributed by atoms with Crippen molar-refractivity contribution in [2.24, 2.45) is 0 Å². The van der Waals surface area contributed by atoms with Crippen LogP contribution >= 0.6 is 11.3 Å². The van der Waals surface area contributed by atoms with Gasteiger partial charge in [0.1, 0.15) is 5.75 Å². The second kappa shape index (κ2) is 8.02. The maximum Gasteiger partial charge on any atom is 0.415 e. The molecule has 4 rings (SSSR count). The Morgan fingerprint density at radius 1 is 1.19 bits per heavy atom. The molecule has 1 amide bonds. The molecule has 0 N–H and O–H groups in total. The Morgan fingerprint density at radius 2 is 2.04 bits per heavy atom. The van der Waals surface area contributed by atoms with E-state index in [1.165, 1.54) is 4.88 Å². The third-order valence-corrected chi connectivity index (χ3v) is 5.91. The number of benzene rings is 1. The van der Waals surface area contributed by atoms with Crippen LogP contribution in [0.2, 0.25) is 0 Å². The van der Waals surface area contributed by atoms with Crippen molar-refractivity contribution in [2.45, 2.75) is 13.3 Å². The average molecular weight is 382 g/mol. The molecule has 140 valence electrons. The van der Waals surface area contributed by atoms with E-state index in [4.69, 9.17) is 4.74 Å². The minimum Gasteiger partial charge on any atom is -0.410 e. The lowest BCUT2D eigenvalue weighted by atomic mass is 10.2. The minimum absolute atomic E-state index is 0.289. The van der Waals surface area contributed by atoms with E-state index in [9.17, 15) is 4.79 Å². The van der Waals surface area contributed by atoms with Crippen molar-refractivity contribution in [2.75, 3.05) is 32.7 Å². The number of nitrogens with zero attached hydrogens (tertiary/aromatic N) is 4. The molecule has 1 aromatic carbocycles. The monoisotopic (exact) mass is 382 g/mol. The van der Waals surface area contributed by atoms with E-state index in [0.29, 0.717) is 18.8 Å². The summed E-state index contributed by atoms with van der Waals surface area (Å²) >= 11 is 1.72. The van der Waals surface area contributed by atoms with Gasteiger partial charge in [0.15, 0.2) is 0 Å². The van der Waals surface area contributed by atoms with Gasteiger partial charge in [-0.1, -0.05) is 6.07 Å². The Kier molecular flexibility index (Phi) is 5.31. The van der Waals surface area contributed by atoms with Crippen LogP contribution in [0.4, 0.5) is 4.79 Å². The summed E-state index contributed by atoms with van der Waals surface area (Å²) < 4.78 is 5.55. The first-order valence-corrected chi connectivity index (χ1v) is 10.00. The zero-order chi connectivity index (χ0) is 18.6. The van der Waals surface area contributed by atoms with E-state index in [0.717, 1.165) is 42.7 Å². The van der Waals surface area contributed by atoms with Crippen LogP contribution in [0.3, 0.4) is 0 Å². The van der Waals surface area contributed by atoms with Crippen molar-refractivity contribution < 1.29 is 9.53 Å². The molecule has 1 aliphatic rings. The maximum absolute atomic E-state index is 12.5. The van der Waals surface area contributed by atoms with Crippen molar-refractivity contribution in [3.63, 3.8) is 0 Å². The fourth-order valence-electron chi connectivity index (χ4n) is 3.25. The van der Waals surface area contributed by atoms with Crippen molar-refractivity contribution >= 4 is 28.3 Å². The largest absolute Gasteiger partial charge is 0.415 e. The number of piperazine rings is 1. The van der Waals surface area contributed by atoms with Crippen molar-refractivity contribution in [3.8, 4) is 5.75 Å². The lowest BCUT2D eigenvalue weighted by molar-refractivity contribution is 0.111. The van der Waals surface area contributed by atoms with Crippen LogP contribution in [-0.2, 0) is 6.42 Å². The summed E-state index contributed by atoms with van der Waals surface area (Å²) in [6.45, 7) is 6.17. The van der Waals surface area contributed by atoms with E-state index in [2.05, 4.69) is 21.8 Å². The number of thiazole rings is 1. The number of pyridine rings is 1. The van der Waals surface area contributed by atoms with Gasteiger partial charge in [0.25, 0.3) is 0 Å². The zero-order valence-electron chi connectivity index (χ0n) is 15.3. The SMILES string of the molecule is Cc1ncsc1CCN1CCN(C(=O)Oc2ccc3cccnc3c2)CC1. The topological polar surface area (TPSA) is 58.6 Å². The maximum atomic E-state index is 12.5. The van der Waals surface area contributed by atoms with Gasteiger partial charge in [-0.2, -0.15) is 0 Å². The molecular weight excluding hydrogens is 360 g/mol.